The summed E-state index contributed by atoms with van der Waals surface area (Å²) < 4.78 is 15.3. The second-order valence-electron chi connectivity index (χ2n) is 5.97. The molecule has 0 radical (unpaired) electrons. The number of benzene rings is 1. The van der Waals surface area contributed by atoms with Gasteiger partial charge in [-0.2, -0.15) is 0 Å². The van der Waals surface area contributed by atoms with Crippen LogP contribution in [0.25, 0.3) is 0 Å². The largest absolute Gasteiger partial charge is 0.456 e. The Morgan fingerprint density at radius 2 is 1.09 bits per heavy atom. The fourth-order valence-corrected chi connectivity index (χ4v) is 6.20. The number of hydrogen-bond donors (Lipinski definition) is 2. The first-order valence-electron chi connectivity index (χ1n) is 8.60. The Bertz CT molecular complexity index is 920. The van der Waals surface area contributed by atoms with Crippen LogP contribution in [0.2, 0.25) is 0 Å². The third-order valence-electron chi connectivity index (χ3n) is 3.33. The lowest BCUT2D eigenvalue weighted by Crippen LogP contribution is -2.25. The standard InChI is InChI=1S/C18H17I3N2O9/c1-7(24)30-5-11(27)22-17-14(19)10(4-13(29)32-9(3)26)15(20)18(16(17)21)23-12(28)6-31-8(2)25/h4-6H2,1-3H3,(H,22,27)(H,23,28). The van der Waals surface area contributed by atoms with Crippen LogP contribution in [0.15, 0.2) is 0 Å². The molecule has 0 saturated carbocycles. The van der Waals surface area contributed by atoms with Crippen molar-refractivity contribution < 1.29 is 43.0 Å². The molecule has 2 amide bonds. The fourth-order valence-electron chi connectivity index (χ4n) is 2.12. The molecule has 174 valence electrons. The molecule has 11 nitrogen and oxygen atoms in total. The van der Waals surface area contributed by atoms with Gasteiger partial charge in [-0.15, -0.1) is 0 Å². The van der Waals surface area contributed by atoms with Crippen molar-refractivity contribution in [1.29, 1.82) is 0 Å². The number of nitrogens with one attached hydrogen (secondary N) is 2. The zero-order valence-corrected chi connectivity index (χ0v) is 23.4. The van der Waals surface area contributed by atoms with Crippen LogP contribution in [0.1, 0.15) is 26.3 Å². The summed E-state index contributed by atoms with van der Waals surface area (Å²) in [6.07, 6.45) is -0.327. The van der Waals surface area contributed by atoms with Crippen LogP contribution in [0.4, 0.5) is 11.4 Å². The minimum absolute atomic E-state index is 0.247. The van der Waals surface area contributed by atoms with Crippen molar-refractivity contribution in [2.45, 2.75) is 27.2 Å². The van der Waals surface area contributed by atoms with Crippen molar-refractivity contribution >= 4 is 115 Å². The van der Waals surface area contributed by atoms with Crippen molar-refractivity contribution in [2.75, 3.05) is 23.8 Å². The van der Waals surface area contributed by atoms with Gasteiger partial charge in [0.25, 0.3) is 11.8 Å². The van der Waals surface area contributed by atoms with Crippen LogP contribution in [0.5, 0.6) is 0 Å². The van der Waals surface area contributed by atoms with Gasteiger partial charge in [-0.25, -0.2) is 0 Å². The number of anilines is 2. The van der Waals surface area contributed by atoms with Gasteiger partial charge in [0.2, 0.25) is 0 Å². The molecule has 0 aliphatic rings. The molecule has 0 aliphatic carbocycles. The first-order valence-corrected chi connectivity index (χ1v) is 11.8. The topological polar surface area (TPSA) is 154 Å². The predicted molar refractivity (Wildman–Crippen MR) is 136 cm³/mol. The average Bonchev–Trinajstić information content (AvgIpc) is 2.68. The molecule has 0 atom stereocenters. The van der Waals surface area contributed by atoms with Crippen molar-refractivity contribution in [2.24, 2.45) is 0 Å². The van der Waals surface area contributed by atoms with Gasteiger partial charge in [0.05, 0.1) is 21.4 Å². The minimum Gasteiger partial charge on any atom is -0.456 e. The molecule has 0 unspecified atom stereocenters. The molecule has 14 heteroatoms. The average molecular weight is 786 g/mol. The van der Waals surface area contributed by atoms with Gasteiger partial charge in [0.1, 0.15) is 0 Å². The first-order chi connectivity index (χ1) is 14.8. The normalized spacial score (nSPS) is 10.1. The smallest absolute Gasteiger partial charge is 0.317 e. The van der Waals surface area contributed by atoms with E-state index >= 15 is 0 Å². The Kier molecular flexibility index (Phi) is 11.8. The predicted octanol–water partition coefficient (Wildman–Crippen LogP) is 2.14. The SMILES string of the molecule is CC(=O)OCC(=O)Nc1c(I)c(CC(=O)OC(C)=O)c(I)c(NC(=O)COC(C)=O)c1I. The molecule has 1 aromatic carbocycles. The summed E-state index contributed by atoms with van der Waals surface area (Å²) in [4.78, 5) is 69.5. The van der Waals surface area contributed by atoms with Crippen LogP contribution >= 0.6 is 67.8 Å². The first kappa shape index (κ1) is 28.5. The summed E-state index contributed by atoms with van der Waals surface area (Å²) in [5.41, 5.74) is 0.873. The molecule has 0 fully saturated rings. The number of halogens is 3. The highest BCUT2D eigenvalue weighted by Gasteiger charge is 2.25. The number of hydrogen-bond acceptors (Lipinski definition) is 9. The Balaban J connectivity index is 3.40. The molecule has 0 aromatic heterocycles. The lowest BCUT2D eigenvalue weighted by molar-refractivity contribution is -0.157. The maximum atomic E-state index is 12.2. The number of amides is 2. The van der Waals surface area contributed by atoms with Crippen LogP contribution in [-0.4, -0.2) is 48.9 Å². The van der Waals surface area contributed by atoms with E-state index in [2.05, 4.69) is 24.8 Å². The van der Waals surface area contributed by atoms with Crippen LogP contribution in [0.3, 0.4) is 0 Å². The van der Waals surface area contributed by atoms with Gasteiger partial charge in [-0.1, -0.05) is 0 Å². The fraction of sp³-hybridized carbons (Fsp3) is 0.333. The number of carbonyl (C=O) groups excluding carboxylic acids is 6. The van der Waals surface area contributed by atoms with E-state index < -0.39 is 48.9 Å². The molecule has 0 bridgehead atoms. The molecule has 0 heterocycles. The zero-order chi connectivity index (χ0) is 24.6. The Morgan fingerprint density at radius 3 is 1.44 bits per heavy atom. The maximum Gasteiger partial charge on any atom is 0.317 e. The summed E-state index contributed by atoms with van der Waals surface area (Å²) in [7, 11) is 0. The van der Waals surface area contributed by atoms with Crippen LogP contribution in [-0.2, 0) is 49.4 Å². The Morgan fingerprint density at radius 1 is 0.688 bits per heavy atom. The van der Waals surface area contributed by atoms with Gasteiger partial charge in [0, 0.05) is 27.9 Å². The summed E-state index contributed by atoms with van der Waals surface area (Å²) in [5, 5.41) is 5.18. The second-order valence-corrected chi connectivity index (χ2v) is 9.21. The quantitative estimate of drug-likeness (QED) is 0.175. The summed E-state index contributed by atoms with van der Waals surface area (Å²) in [6, 6.07) is 0. The molecule has 0 spiro atoms. The minimum atomic E-state index is -0.830. The number of esters is 4. The van der Waals surface area contributed by atoms with E-state index in [0.717, 1.165) is 20.8 Å². The Labute approximate surface area is 223 Å². The molecule has 1 rings (SSSR count). The van der Waals surface area contributed by atoms with E-state index in [1.165, 1.54) is 0 Å². The van der Waals surface area contributed by atoms with E-state index in [0.29, 0.717) is 16.3 Å². The van der Waals surface area contributed by atoms with Crippen molar-refractivity contribution in [1.82, 2.24) is 0 Å². The lowest BCUT2D eigenvalue weighted by atomic mass is 10.1. The van der Waals surface area contributed by atoms with Crippen molar-refractivity contribution in [3.05, 3.63) is 16.3 Å². The van der Waals surface area contributed by atoms with Gasteiger partial charge in [-0.3, -0.25) is 28.8 Å². The van der Waals surface area contributed by atoms with E-state index in [9.17, 15) is 28.8 Å². The lowest BCUT2D eigenvalue weighted by Gasteiger charge is -2.20. The maximum absolute atomic E-state index is 12.2. The molecular weight excluding hydrogens is 769 g/mol. The third kappa shape index (κ3) is 9.12. The summed E-state index contributed by atoms with van der Waals surface area (Å²) in [6.45, 7) is 2.32. The van der Waals surface area contributed by atoms with E-state index in [1.54, 1.807) is 0 Å². The molecule has 0 saturated heterocycles. The molecule has 1 aromatic rings. The highest BCUT2D eigenvalue weighted by molar-refractivity contribution is 14.1. The summed E-state index contributed by atoms with van der Waals surface area (Å²) >= 11 is 5.69. The highest BCUT2D eigenvalue weighted by Crippen LogP contribution is 2.39. The van der Waals surface area contributed by atoms with Crippen molar-refractivity contribution in [3.8, 4) is 0 Å². The number of ether oxygens (including phenoxy) is 3. The van der Waals surface area contributed by atoms with Crippen molar-refractivity contribution in [3.63, 3.8) is 0 Å². The molecule has 0 aliphatic heterocycles. The molecule has 2 N–H and O–H groups in total. The highest BCUT2D eigenvalue weighted by atomic mass is 127. The van der Waals surface area contributed by atoms with Gasteiger partial charge in [-0.05, 0) is 73.3 Å². The third-order valence-corrected chi connectivity index (χ3v) is 6.79. The zero-order valence-electron chi connectivity index (χ0n) is 16.9. The number of rotatable bonds is 8. The van der Waals surface area contributed by atoms with Gasteiger partial charge < -0.3 is 24.8 Å². The van der Waals surface area contributed by atoms with E-state index in [4.69, 9.17) is 0 Å². The summed E-state index contributed by atoms with van der Waals surface area (Å²) in [5.74, 6) is -4.19. The van der Waals surface area contributed by atoms with Gasteiger partial charge in [0.15, 0.2) is 13.2 Å². The second kappa shape index (κ2) is 13.2. The Hall–Kier alpha value is -1.57. The van der Waals surface area contributed by atoms with E-state index in [1.807, 2.05) is 67.8 Å². The van der Waals surface area contributed by atoms with Crippen LogP contribution < -0.4 is 10.6 Å². The monoisotopic (exact) mass is 786 g/mol. The van der Waals surface area contributed by atoms with Crippen LogP contribution in [0, 0.1) is 10.7 Å². The molecule has 32 heavy (non-hydrogen) atoms. The number of carbonyl (C=O) groups is 6. The molecular formula is C18H17I3N2O9. The van der Waals surface area contributed by atoms with Gasteiger partial charge >= 0.3 is 23.9 Å². The van der Waals surface area contributed by atoms with E-state index in [-0.39, 0.29) is 17.8 Å².